The van der Waals surface area contributed by atoms with E-state index in [1.807, 2.05) is 0 Å². The van der Waals surface area contributed by atoms with Crippen LogP contribution in [0, 0.1) is 0 Å². The molecule has 0 spiro atoms. The van der Waals surface area contributed by atoms with Crippen LogP contribution in [0.4, 0.5) is 0 Å². The van der Waals surface area contributed by atoms with E-state index in [0.29, 0.717) is 5.56 Å². The Kier molecular flexibility index (Phi) is 3.28. The zero-order chi connectivity index (χ0) is 12.8. The number of aromatic hydroxyl groups is 1. The lowest BCUT2D eigenvalue weighted by molar-refractivity contribution is -0.131. The molecule has 1 aromatic rings. The van der Waals surface area contributed by atoms with Gasteiger partial charge in [0, 0.05) is 6.08 Å². The quantitative estimate of drug-likeness (QED) is 0.759. The molecule has 0 unspecified atom stereocenters. The van der Waals surface area contributed by atoms with Crippen LogP contribution in [-0.4, -0.2) is 30.4 Å². The van der Waals surface area contributed by atoms with Crippen LogP contribution in [0.15, 0.2) is 18.2 Å². The molecule has 0 saturated carbocycles. The van der Waals surface area contributed by atoms with E-state index >= 15 is 0 Å². The molecule has 0 aliphatic heterocycles. The van der Waals surface area contributed by atoms with Crippen molar-refractivity contribution in [2.75, 3.05) is 14.2 Å². The average molecular weight is 225 g/mol. The second-order valence-electron chi connectivity index (χ2n) is 2.93. The van der Waals surface area contributed by atoms with Crippen molar-refractivity contribution in [3.63, 3.8) is 0 Å². The highest BCUT2D eigenvalue weighted by atomic mass is 16.5. The van der Waals surface area contributed by atoms with Gasteiger partial charge in [0.2, 0.25) is 5.75 Å². The highest BCUT2D eigenvalue weighted by Crippen LogP contribution is 2.37. The molecule has 5 heteroatoms. The lowest BCUT2D eigenvalue weighted by Crippen LogP contribution is -1.91. The second kappa shape index (κ2) is 5.06. The molecule has 0 heterocycles. The molecule has 0 fully saturated rings. The summed E-state index contributed by atoms with van der Waals surface area (Å²) in [6.07, 6.45) is 2.50. The smallest absolute Gasteiger partial charge is 0.328 e. The van der Waals surface area contributed by atoms with Gasteiger partial charge in [0.15, 0.2) is 11.5 Å². The minimum absolute atomic E-state index is 0.116. The third-order valence-corrected chi connectivity index (χ3v) is 1.91. The number of carbonyl (C=O) groups is 1. The van der Waals surface area contributed by atoms with Crippen LogP contribution in [0.2, 0.25) is 0 Å². The summed E-state index contributed by atoms with van der Waals surface area (Å²) in [5.74, 6) is -0.460. The number of hydrogen-bond acceptors (Lipinski definition) is 5. The number of carboxylic acid groups (broad SMARTS) is 1. The fourth-order valence-corrected chi connectivity index (χ4v) is 1.17. The third-order valence-electron chi connectivity index (χ3n) is 1.91. The first kappa shape index (κ1) is 10.4. The third kappa shape index (κ3) is 2.66. The molecule has 1 aromatic carbocycles. The second-order valence-corrected chi connectivity index (χ2v) is 2.93. The molecular formula is C11H12O5. The normalized spacial score (nSPS) is 11.0. The molecular weight excluding hydrogens is 212 g/mol. The average Bonchev–Trinajstić information content (AvgIpc) is 2.36. The number of benzene rings is 1. The Morgan fingerprint density at radius 3 is 2.38 bits per heavy atom. The largest absolute Gasteiger partial charge is 0.502 e. The van der Waals surface area contributed by atoms with Gasteiger partial charge in [0.1, 0.15) is 0 Å². The van der Waals surface area contributed by atoms with E-state index in [4.69, 9.17) is 10.9 Å². The van der Waals surface area contributed by atoms with E-state index in [1.54, 1.807) is 0 Å². The van der Waals surface area contributed by atoms with Gasteiger partial charge in [0.25, 0.3) is 1.43 Å². The maximum atomic E-state index is 10.8. The summed E-state index contributed by atoms with van der Waals surface area (Å²) < 4.78 is 16.3. The molecule has 5 nitrogen and oxygen atoms in total. The maximum Gasteiger partial charge on any atom is 0.328 e. The van der Waals surface area contributed by atoms with Gasteiger partial charge in [-0.05, 0) is 23.8 Å². The van der Waals surface area contributed by atoms with E-state index < -0.39 is 5.97 Å². The number of phenolic OH excluding ortho intramolecular Hbond substituents is 1. The topological polar surface area (TPSA) is 76.0 Å². The van der Waals surface area contributed by atoms with Crippen molar-refractivity contribution in [3.8, 4) is 17.2 Å². The Hall–Kier alpha value is -2.17. The van der Waals surface area contributed by atoms with Crippen LogP contribution < -0.4 is 9.47 Å². The van der Waals surface area contributed by atoms with Gasteiger partial charge in [-0.15, -0.1) is 0 Å². The van der Waals surface area contributed by atoms with Crippen LogP contribution >= 0.6 is 0 Å². The van der Waals surface area contributed by atoms with E-state index in [-0.39, 0.29) is 17.2 Å². The highest BCUT2D eigenvalue weighted by molar-refractivity contribution is 5.85. The van der Waals surface area contributed by atoms with Crippen LogP contribution in [0.5, 0.6) is 17.2 Å². The molecule has 0 aromatic heterocycles. The standard InChI is InChI=1S/C11H12O5/c1-15-8-5-7(3-4-10(12)13)6-9(16-2)11(8)14/h3-6,14H,1-2H3,(H,12,13)/b4-3+/i/hD. The minimum Gasteiger partial charge on any atom is -0.502 e. The lowest BCUT2D eigenvalue weighted by atomic mass is 10.1. The van der Waals surface area contributed by atoms with Crippen molar-refractivity contribution in [2.45, 2.75) is 0 Å². The summed E-state index contributed by atoms with van der Waals surface area (Å²) >= 11 is 0. The number of hydrogen-bond donors (Lipinski definition) is 2. The SMILES string of the molecule is [2H]OC(=O)/C=C/c1cc(OC)c(O)c(OC)c1. The zero-order valence-electron chi connectivity index (χ0n) is 9.89. The molecule has 16 heavy (non-hydrogen) atoms. The monoisotopic (exact) mass is 225 g/mol. The number of rotatable bonds is 4. The van der Waals surface area contributed by atoms with Crippen LogP contribution in [0.25, 0.3) is 7.51 Å². The summed E-state index contributed by atoms with van der Waals surface area (Å²) in [5, 5.41) is 13.4. The first-order chi connectivity index (χ1) is 8.12. The number of aliphatic carboxylic acids is 1. The first-order valence-electron chi connectivity index (χ1n) is 4.83. The number of carboxylic acids is 1. The molecule has 0 aliphatic carbocycles. The Labute approximate surface area is 94.0 Å². The van der Waals surface area contributed by atoms with E-state index in [0.717, 1.165) is 6.08 Å². The number of phenols is 1. The summed E-state index contributed by atoms with van der Waals surface area (Å²) in [4.78, 5) is 10.8. The summed E-state index contributed by atoms with van der Waals surface area (Å²) in [7, 11) is 2.81. The van der Waals surface area contributed by atoms with Crippen molar-refractivity contribution < 1.29 is 24.5 Å². The fraction of sp³-hybridized carbons (Fsp3) is 0.182. The molecule has 0 saturated heterocycles. The molecule has 0 aliphatic rings. The van der Waals surface area contributed by atoms with Crippen LogP contribution in [0.1, 0.15) is 5.56 Å². The van der Waals surface area contributed by atoms with E-state index in [2.05, 4.69) is 5.11 Å². The summed E-state index contributed by atoms with van der Waals surface area (Å²) in [5.41, 5.74) is 0.571. The Morgan fingerprint density at radius 1 is 1.38 bits per heavy atom. The molecule has 2 N–H and O–H groups in total. The molecule has 1 rings (SSSR count). The molecule has 0 atom stereocenters. The molecule has 0 bridgehead atoms. The van der Waals surface area contributed by atoms with Gasteiger partial charge in [-0.1, -0.05) is 0 Å². The Bertz CT molecular complexity index is 416. The predicted octanol–water partition coefficient (Wildman–Crippen LogP) is 1.51. The first-order valence-corrected chi connectivity index (χ1v) is 4.42. The lowest BCUT2D eigenvalue weighted by Gasteiger charge is -2.09. The van der Waals surface area contributed by atoms with Gasteiger partial charge in [-0.3, -0.25) is 0 Å². The predicted molar refractivity (Wildman–Crippen MR) is 57.9 cm³/mol. The van der Waals surface area contributed by atoms with Crippen molar-refractivity contribution in [1.29, 1.82) is 1.43 Å². The van der Waals surface area contributed by atoms with Gasteiger partial charge in [-0.25, -0.2) is 4.79 Å². The van der Waals surface area contributed by atoms with Crippen LogP contribution in [-0.2, 0) is 4.79 Å². The van der Waals surface area contributed by atoms with Crippen molar-refractivity contribution in [3.05, 3.63) is 23.8 Å². The van der Waals surface area contributed by atoms with Crippen molar-refractivity contribution in [1.82, 2.24) is 0 Å². The fourth-order valence-electron chi connectivity index (χ4n) is 1.17. The van der Waals surface area contributed by atoms with Gasteiger partial charge < -0.3 is 19.7 Å². The molecule has 86 valence electrons. The van der Waals surface area contributed by atoms with Gasteiger partial charge >= 0.3 is 5.97 Å². The van der Waals surface area contributed by atoms with Gasteiger partial charge in [-0.2, -0.15) is 0 Å². The maximum absolute atomic E-state index is 10.8. The number of ether oxygens (including phenoxy) is 2. The van der Waals surface area contributed by atoms with Crippen LogP contribution in [0.3, 0.4) is 0 Å². The number of methoxy groups -OCH3 is 2. The molecule has 0 radical (unpaired) electrons. The van der Waals surface area contributed by atoms with E-state index in [1.165, 1.54) is 32.4 Å². The van der Waals surface area contributed by atoms with E-state index in [9.17, 15) is 9.90 Å². The van der Waals surface area contributed by atoms with Crippen molar-refractivity contribution >= 4 is 12.0 Å². The van der Waals surface area contributed by atoms with Gasteiger partial charge in [0.05, 0.1) is 14.2 Å². The van der Waals surface area contributed by atoms with Crippen molar-refractivity contribution in [2.24, 2.45) is 0 Å². The summed E-state index contributed by atoms with van der Waals surface area (Å²) in [6.45, 7) is 0. The molecule has 0 amide bonds. The summed E-state index contributed by atoms with van der Waals surface area (Å²) in [6, 6.07) is 3.04. The zero-order valence-corrected chi connectivity index (χ0v) is 8.89. The highest BCUT2D eigenvalue weighted by Gasteiger charge is 2.09. The minimum atomic E-state index is -0.795. The Balaban J connectivity index is 3.09. The Morgan fingerprint density at radius 2 is 1.94 bits per heavy atom.